The zero-order valence-corrected chi connectivity index (χ0v) is 13.3. The fourth-order valence-electron chi connectivity index (χ4n) is 2.59. The van der Waals surface area contributed by atoms with Gasteiger partial charge in [0.1, 0.15) is 17.5 Å². The van der Waals surface area contributed by atoms with Crippen molar-refractivity contribution in [3.63, 3.8) is 0 Å². The SMILES string of the molecule is C[C@H](NC(=O)[C@H]1CC(c2cccc(F)c2)=NO1)c1ccc(F)cc1F. The van der Waals surface area contributed by atoms with Crippen LogP contribution in [0.1, 0.15) is 30.5 Å². The van der Waals surface area contributed by atoms with Crippen molar-refractivity contribution in [1.82, 2.24) is 5.32 Å². The van der Waals surface area contributed by atoms with E-state index < -0.39 is 35.5 Å². The molecule has 1 aliphatic heterocycles. The number of rotatable bonds is 4. The Balaban J connectivity index is 1.63. The molecule has 0 radical (unpaired) electrons. The molecule has 7 heteroatoms. The molecule has 0 unspecified atom stereocenters. The van der Waals surface area contributed by atoms with Gasteiger partial charge < -0.3 is 10.2 Å². The number of hydrogen-bond donors (Lipinski definition) is 1. The van der Waals surface area contributed by atoms with Crippen molar-refractivity contribution >= 4 is 11.6 Å². The Kier molecular flexibility index (Phi) is 4.74. The number of nitrogens with zero attached hydrogens (tertiary/aromatic N) is 1. The van der Waals surface area contributed by atoms with Crippen LogP contribution in [0.3, 0.4) is 0 Å². The van der Waals surface area contributed by atoms with Gasteiger partial charge in [0.25, 0.3) is 5.91 Å². The van der Waals surface area contributed by atoms with Crippen LogP contribution in [-0.4, -0.2) is 17.7 Å². The fraction of sp³-hybridized carbons (Fsp3) is 0.222. The Bertz CT molecular complexity index is 839. The first-order valence-electron chi connectivity index (χ1n) is 7.68. The summed E-state index contributed by atoms with van der Waals surface area (Å²) in [7, 11) is 0. The van der Waals surface area contributed by atoms with Gasteiger partial charge in [0.15, 0.2) is 0 Å². The second-order valence-electron chi connectivity index (χ2n) is 5.74. The van der Waals surface area contributed by atoms with Gasteiger partial charge >= 0.3 is 0 Å². The van der Waals surface area contributed by atoms with Gasteiger partial charge in [-0.15, -0.1) is 0 Å². The van der Waals surface area contributed by atoms with E-state index in [0.29, 0.717) is 11.3 Å². The van der Waals surface area contributed by atoms with Gasteiger partial charge in [0.05, 0.1) is 11.8 Å². The molecule has 2 atom stereocenters. The minimum absolute atomic E-state index is 0.166. The van der Waals surface area contributed by atoms with Crippen LogP contribution in [0.2, 0.25) is 0 Å². The highest BCUT2D eigenvalue weighted by atomic mass is 19.1. The molecular formula is C18H15F3N2O2. The first kappa shape index (κ1) is 17.0. The third-order valence-electron chi connectivity index (χ3n) is 3.91. The molecule has 25 heavy (non-hydrogen) atoms. The number of benzene rings is 2. The summed E-state index contributed by atoms with van der Waals surface area (Å²) in [6.45, 7) is 1.58. The molecule has 0 bridgehead atoms. The molecule has 3 rings (SSSR count). The molecule has 0 aliphatic carbocycles. The molecule has 1 N–H and O–H groups in total. The number of oxime groups is 1. The molecule has 1 amide bonds. The fourth-order valence-corrected chi connectivity index (χ4v) is 2.59. The Morgan fingerprint density at radius 1 is 1.20 bits per heavy atom. The van der Waals surface area contributed by atoms with Crippen LogP contribution in [0.5, 0.6) is 0 Å². The van der Waals surface area contributed by atoms with Crippen molar-refractivity contribution in [3.05, 3.63) is 71.0 Å². The Morgan fingerprint density at radius 3 is 2.68 bits per heavy atom. The lowest BCUT2D eigenvalue weighted by molar-refractivity contribution is -0.131. The van der Waals surface area contributed by atoms with E-state index in [-0.39, 0.29) is 12.0 Å². The maximum Gasteiger partial charge on any atom is 0.264 e. The molecule has 0 saturated heterocycles. The summed E-state index contributed by atoms with van der Waals surface area (Å²) in [5.74, 6) is -2.32. The van der Waals surface area contributed by atoms with E-state index in [0.717, 1.165) is 12.1 Å². The summed E-state index contributed by atoms with van der Waals surface area (Å²) in [6.07, 6.45) is -0.710. The van der Waals surface area contributed by atoms with E-state index in [2.05, 4.69) is 10.5 Å². The molecule has 0 fully saturated rings. The summed E-state index contributed by atoms with van der Waals surface area (Å²) in [5.41, 5.74) is 1.16. The van der Waals surface area contributed by atoms with Crippen molar-refractivity contribution < 1.29 is 22.8 Å². The molecule has 0 saturated carbocycles. The highest BCUT2D eigenvalue weighted by molar-refractivity contribution is 6.04. The number of halogens is 3. The molecule has 0 spiro atoms. The van der Waals surface area contributed by atoms with Crippen molar-refractivity contribution in [3.8, 4) is 0 Å². The topological polar surface area (TPSA) is 50.7 Å². The van der Waals surface area contributed by atoms with Crippen LogP contribution in [0.25, 0.3) is 0 Å². The maximum atomic E-state index is 13.8. The lowest BCUT2D eigenvalue weighted by Gasteiger charge is -2.17. The molecule has 0 aromatic heterocycles. The summed E-state index contributed by atoms with van der Waals surface area (Å²) < 4.78 is 40.0. The van der Waals surface area contributed by atoms with Gasteiger partial charge in [-0.25, -0.2) is 13.2 Å². The van der Waals surface area contributed by atoms with E-state index in [1.165, 1.54) is 18.2 Å². The van der Waals surface area contributed by atoms with Gasteiger partial charge in [0, 0.05) is 23.6 Å². The number of carbonyl (C=O) groups is 1. The maximum absolute atomic E-state index is 13.8. The van der Waals surface area contributed by atoms with Crippen LogP contribution < -0.4 is 5.32 Å². The van der Waals surface area contributed by atoms with Crippen molar-refractivity contribution in [1.29, 1.82) is 0 Å². The molecule has 1 aliphatic rings. The van der Waals surface area contributed by atoms with Gasteiger partial charge in [-0.2, -0.15) is 0 Å². The average molecular weight is 348 g/mol. The molecule has 4 nitrogen and oxygen atoms in total. The molecule has 130 valence electrons. The zero-order chi connectivity index (χ0) is 18.0. The standard InChI is InChI=1S/C18H15F3N2O2/c1-10(14-6-5-13(20)8-15(14)21)22-18(24)17-9-16(23-25-17)11-3-2-4-12(19)7-11/h2-8,10,17H,9H2,1H3,(H,22,24)/t10-,17+/m0/s1. The van der Waals surface area contributed by atoms with Crippen LogP contribution in [-0.2, 0) is 9.63 Å². The monoisotopic (exact) mass is 348 g/mol. The zero-order valence-electron chi connectivity index (χ0n) is 13.3. The van der Waals surface area contributed by atoms with Crippen molar-refractivity contribution in [2.75, 3.05) is 0 Å². The van der Waals surface area contributed by atoms with Crippen LogP contribution in [0.4, 0.5) is 13.2 Å². The lowest BCUT2D eigenvalue weighted by atomic mass is 10.0. The van der Waals surface area contributed by atoms with Gasteiger partial charge in [-0.3, -0.25) is 4.79 Å². The number of hydrogen-bond acceptors (Lipinski definition) is 3. The van der Waals surface area contributed by atoms with E-state index in [1.807, 2.05) is 0 Å². The highest BCUT2D eigenvalue weighted by Crippen LogP contribution is 2.21. The number of nitrogens with one attached hydrogen (secondary N) is 1. The summed E-state index contributed by atoms with van der Waals surface area (Å²) in [4.78, 5) is 17.4. The Labute approximate surface area is 142 Å². The Hall–Kier alpha value is -2.83. The second kappa shape index (κ2) is 6.96. The van der Waals surface area contributed by atoms with Gasteiger partial charge in [-0.05, 0) is 25.1 Å². The lowest BCUT2D eigenvalue weighted by Crippen LogP contribution is -2.36. The molecular weight excluding hydrogens is 333 g/mol. The van der Waals surface area contributed by atoms with E-state index in [9.17, 15) is 18.0 Å². The first-order chi connectivity index (χ1) is 11.9. The Morgan fingerprint density at radius 2 is 1.96 bits per heavy atom. The normalized spacial score (nSPS) is 17.6. The second-order valence-corrected chi connectivity index (χ2v) is 5.74. The quantitative estimate of drug-likeness (QED) is 0.920. The number of carbonyl (C=O) groups excluding carboxylic acids is 1. The third kappa shape index (κ3) is 3.81. The van der Waals surface area contributed by atoms with E-state index in [1.54, 1.807) is 19.1 Å². The average Bonchev–Trinajstić information content (AvgIpc) is 3.04. The summed E-state index contributed by atoms with van der Waals surface area (Å²) >= 11 is 0. The minimum Gasteiger partial charge on any atom is -0.382 e. The molecule has 2 aromatic rings. The van der Waals surface area contributed by atoms with Crippen molar-refractivity contribution in [2.45, 2.75) is 25.5 Å². The molecule has 2 aromatic carbocycles. The van der Waals surface area contributed by atoms with Gasteiger partial charge in [0.2, 0.25) is 6.10 Å². The largest absolute Gasteiger partial charge is 0.382 e. The third-order valence-corrected chi connectivity index (χ3v) is 3.91. The van der Waals surface area contributed by atoms with Crippen LogP contribution >= 0.6 is 0 Å². The highest BCUT2D eigenvalue weighted by Gasteiger charge is 2.30. The van der Waals surface area contributed by atoms with Crippen LogP contribution in [0, 0.1) is 17.5 Å². The summed E-state index contributed by atoms with van der Waals surface area (Å²) in [6, 6.07) is 8.31. The van der Waals surface area contributed by atoms with Crippen molar-refractivity contribution in [2.24, 2.45) is 5.16 Å². The molecule has 1 heterocycles. The summed E-state index contributed by atoms with van der Waals surface area (Å²) in [5, 5.41) is 6.43. The van der Waals surface area contributed by atoms with Crippen LogP contribution in [0.15, 0.2) is 47.6 Å². The predicted octanol–water partition coefficient (Wildman–Crippen LogP) is 3.47. The first-order valence-corrected chi connectivity index (χ1v) is 7.68. The van der Waals surface area contributed by atoms with Gasteiger partial charge in [-0.1, -0.05) is 23.4 Å². The predicted molar refractivity (Wildman–Crippen MR) is 85.3 cm³/mol. The van der Waals surface area contributed by atoms with E-state index in [4.69, 9.17) is 4.84 Å². The smallest absolute Gasteiger partial charge is 0.264 e. The minimum atomic E-state index is -0.885. The number of amides is 1. The van der Waals surface area contributed by atoms with E-state index >= 15 is 0 Å².